The zero-order valence-corrected chi connectivity index (χ0v) is 17.1. The Bertz CT molecular complexity index is 1140. The molecule has 0 saturated heterocycles. The van der Waals surface area contributed by atoms with E-state index in [-0.39, 0.29) is 0 Å². The highest BCUT2D eigenvalue weighted by Gasteiger charge is 2.16. The van der Waals surface area contributed by atoms with E-state index in [1.54, 1.807) is 14.2 Å². The first kappa shape index (κ1) is 19.7. The molecule has 0 fully saturated rings. The molecule has 0 aliphatic heterocycles. The van der Waals surface area contributed by atoms with E-state index >= 15 is 0 Å². The number of pyridine rings is 1. The normalized spacial score (nSPS) is 10.9. The van der Waals surface area contributed by atoms with Crippen LogP contribution in [0.1, 0.15) is 0 Å². The van der Waals surface area contributed by atoms with Crippen molar-refractivity contribution < 1.29 is 14.2 Å². The number of rotatable bonds is 7. The summed E-state index contributed by atoms with van der Waals surface area (Å²) in [4.78, 5) is 4.75. The number of hydrogen-bond acceptors (Lipinski definition) is 5. The number of nitrogen functional groups attached to an aromatic ring is 1. The molecule has 30 heavy (non-hydrogen) atoms. The van der Waals surface area contributed by atoms with E-state index < -0.39 is 0 Å². The summed E-state index contributed by atoms with van der Waals surface area (Å²) in [6.07, 6.45) is 0. The third-order valence-corrected chi connectivity index (χ3v) is 4.99. The minimum Gasteiger partial charge on any atom is -0.491 e. The highest BCUT2D eigenvalue weighted by Crippen LogP contribution is 2.40. The molecule has 0 saturated carbocycles. The maximum absolute atomic E-state index is 6.58. The third-order valence-electron chi connectivity index (χ3n) is 4.99. The van der Waals surface area contributed by atoms with Gasteiger partial charge in [0.05, 0.1) is 30.5 Å². The Labute approximate surface area is 176 Å². The summed E-state index contributed by atoms with van der Waals surface area (Å²) in [5, 5.41) is 0.894. The van der Waals surface area contributed by atoms with Gasteiger partial charge in [0.2, 0.25) is 5.88 Å². The summed E-state index contributed by atoms with van der Waals surface area (Å²) in [5.74, 6) is 1.27. The van der Waals surface area contributed by atoms with E-state index in [4.69, 9.17) is 24.9 Å². The lowest BCUT2D eigenvalue weighted by Gasteiger charge is -2.15. The number of nitrogens with two attached hydrogens (primary N) is 1. The quantitative estimate of drug-likeness (QED) is 0.433. The standard InChI is InChI=1S/C25H24N2O3/c1-28-14-15-30-20-11-8-18(9-12-20)23-24(26)21-13-10-19(17-6-4-3-5-7-17)16-22(21)27-25(23)29-2/h3-13,16H,14-15H2,1-2H3,(H2,26,27). The molecule has 5 heteroatoms. The number of methoxy groups -OCH3 is 2. The first-order valence-corrected chi connectivity index (χ1v) is 9.76. The van der Waals surface area contributed by atoms with E-state index in [0.29, 0.717) is 24.8 Å². The monoisotopic (exact) mass is 400 g/mol. The minimum absolute atomic E-state index is 0.498. The SMILES string of the molecule is COCCOc1ccc(-c2c(OC)nc3cc(-c4ccccc4)ccc3c2N)cc1. The first-order chi connectivity index (χ1) is 14.7. The van der Waals surface area contributed by atoms with Gasteiger partial charge < -0.3 is 19.9 Å². The Balaban J connectivity index is 1.74. The maximum Gasteiger partial charge on any atom is 0.223 e. The molecule has 0 spiro atoms. The molecule has 0 radical (unpaired) electrons. The zero-order valence-electron chi connectivity index (χ0n) is 17.1. The minimum atomic E-state index is 0.498. The van der Waals surface area contributed by atoms with Crippen LogP contribution in [0.5, 0.6) is 11.6 Å². The second-order valence-corrected chi connectivity index (χ2v) is 6.87. The summed E-state index contributed by atoms with van der Waals surface area (Å²) in [7, 11) is 3.26. The predicted molar refractivity (Wildman–Crippen MR) is 121 cm³/mol. The summed E-state index contributed by atoms with van der Waals surface area (Å²) in [5.41, 5.74) is 11.9. The highest BCUT2D eigenvalue weighted by atomic mass is 16.5. The molecule has 0 bridgehead atoms. The fraction of sp³-hybridized carbons (Fsp3) is 0.160. The van der Waals surface area contributed by atoms with Crippen LogP contribution in [0.25, 0.3) is 33.2 Å². The van der Waals surface area contributed by atoms with Crippen molar-refractivity contribution in [1.82, 2.24) is 4.98 Å². The molecule has 3 aromatic carbocycles. The van der Waals surface area contributed by atoms with Crippen molar-refractivity contribution >= 4 is 16.6 Å². The van der Waals surface area contributed by atoms with Crippen LogP contribution in [0.3, 0.4) is 0 Å². The van der Waals surface area contributed by atoms with Crippen LogP contribution < -0.4 is 15.2 Å². The number of ether oxygens (including phenoxy) is 3. The molecule has 4 aromatic rings. The molecular formula is C25H24N2O3. The molecule has 0 atom stereocenters. The van der Waals surface area contributed by atoms with Gasteiger partial charge in [-0.2, -0.15) is 0 Å². The molecule has 5 nitrogen and oxygen atoms in total. The second kappa shape index (κ2) is 8.84. The number of nitrogens with zero attached hydrogens (tertiary/aromatic N) is 1. The summed E-state index contributed by atoms with van der Waals surface area (Å²) in [6.45, 7) is 1.05. The van der Waals surface area contributed by atoms with Crippen molar-refractivity contribution in [2.24, 2.45) is 0 Å². The van der Waals surface area contributed by atoms with E-state index in [1.165, 1.54) is 0 Å². The van der Waals surface area contributed by atoms with Crippen LogP contribution in [0.2, 0.25) is 0 Å². The van der Waals surface area contributed by atoms with Gasteiger partial charge in [0.15, 0.2) is 0 Å². The highest BCUT2D eigenvalue weighted by molar-refractivity contribution is 6.01. The molecule has 0 aliphatic carbocycles. The molecule has 0 aliphatic rings. The maximum atomic E-state index is 6.58. The van der Waals surface area contributed by atoms with Crippen molar-refractivity contribution in [3.05, 3.63) is 72.8 Å². The van der Waals surface area contributed by atoms with E-state index in [0.717, 1.165) is 38.9 Å². The van der Waals surface area contributed by atoms with Gasteiger partial charge in [-0.15, -0.1) is 0 Å². The van der Waals surface area contributed by atoms with Crippen LogP contribution in [0.4, 0.5) is 5.69 Å². The molecule has 152 valence electrons. The zero-order chi connectivity index (χ0) is 20.9. The number of hydrogen-bond donors (Lipinski definition) is 1. The van der Waals surface area contributed by atoms with Crippen molar-refractivity contribution in [1.29, 1.82) is 0 Å². The second-order valence-electron chi connectivity index (χ2n) is 6.87. The number of aromatic nitrogens is 1. The van der Waals surface area contributed by atoms with Gasteiger partial charge in [-0.1, -0.05) is 54.6 Å². The smallest absolute Gasteiger partial charge is 0.223 e. The van der Waals surface area contributed by atoms with Crippen LogP contribution in [-0.4, -0.2) is 32.4 Å². The third kappa shape index (κ3) is 3.93. The number of anilines is 1. The van der Waals surface area contributed by atoms with Gasteiger partial charge in [-0.05, 0) is 34.9 Å². The fourth-order valence-corrected chi connectivity index (χ4v) is 3.46. The molecule has 2 N–H and O–H groups in total. The van der Waals surface area contributed by atoms with E-state index in [1.807, 2.05) is 54.6 Å². The van der Waals surface area contributed by atoms with Crippen molar-refractivity contribution in [2.45, 2.75) is 0 Å². The van der Waals surface area contributed by atoms with Gasteiger partial charge in [0.25, 0.3) is 0 Å². The summed E-state index contributed by atoms with van der Waals surface area (Å²) < 4.78 is 16.3. The topological polar surface area (TPSA) is 66.6 Å². The van der Waals surface area contributed by atoms with Crippen LogP contribution in [-0.2, 0) is 4.74 Å². The van der Waals surface area contributed by atoms with Gasteiger partial charge in [-0.25, -0.2) is 4.98 Å². The Hall–Kier alpha value is -3.57. The Morgan fingerprint density at radius 2 is 1.53 bits per heavy atom. The van der Waals surface area contributed by atoms with E-state index in [9.17, 15) is 0 Å². The van der Waals surface area contributed by atoms with Gasteiger partial charge in [0.1, 0.15) is 12.4 Å². The Morgan fingerprint density at radius 1 is 0.800 bits per heavy atom. The average Bonchev–Trinajstić information content (AvgIpc) is 2.80. The van der Waals surface area contributed by atoms with Crippen molar-refractivity contribution in [3.8, 4) is 33.9 Å². The Kier molecular flexibility index (Phi) is 5.82. The Morgan fingerprint density at radius 3 is 2.23 bits per heavy atom. The lowest BCUT2D eigenvalue weighted by molar-refractivity contribution is 0.146. The van der Waals surface area contributed by atoms with Crippen molar-refractivity contribution in [3.63, 3.8) is 0 Å². The summed E-state index contributed by atoms with van der Waals surface area (Å²) >= 11 is 0. The molecular weight excluding hydrogens is 376 g/mol. The van der Waals surface area contributed by atoms with Crippen LogP contribution in [0, 0.1) is 0 Å². The van der Waals surface area contributed by atoms with Crippen molar-refractivity contribution in [2.75, 3.05) is 33.2 Å². The molecule has 1 heterocycles. The van der Waals surface area contributed by atoms with Gasteiger partial charge in [0, 0.05) is 12.5 Å². The predicted octanol–water partition coefficient (Wildman–Crippen LogP) is 5.18. The largest absolute Gasteiger partial charge is 0.491 e. The number of fused-ring (bicyclic) bond motifs is 1. The molecule has 1 aromatic heterocycles. The molecule has 0 amide bonds. The van der Waals surface area contributed by atoms with Crippen LogP contribution >= 0.6 is 0 Å². The van der Waals surface area contributed by atoms with Gasteiger partial charge >= 0.3 is 0 Å². The van der Waals surface area contributed by atoms with E-state index in [2.05, 4.69) is 18.2 Å². The fourth-order valence-electron chi connectivity index (χ4n) is 3.46. The molecule has 0 unspecified atom stereocenters. The number of benzene rings is 3. The lowest BCUT2D eigenvalue weighted by atomic mass is 9.99. The molecule has 4 rings (SSSR count). The van der Waals surface area contributed by atoms with Gasteiger partial charge in [-0.3, -0.25) is 0 Å². The van der Waals surface area contributed by atoms with Crippen LogP contribution in [0.15, 0.2) is 72.8 Å². The summed E-state index contributed by atoms with van der Waals surface area (Å²) in [6, 6.07) is 24.1. The lowest BCUT2D eigenvalue weighted by Crippen LogP contribution is -2.04. The average molecular weight is 400 g/mol. The first-order valence-electron chi connectivity index (χ1n) is 9.76.